The molecule has 0 saturated heterocycles. The smallest absolute Gasteiger partial charge is 0.240 e. The van der Waals surface area contributed by atoms with Gasteiger partial charge in [-0.2, -0.15) is 0 Å². The lowest BCUT2D eigenvalue weighted by atomic mass is 10.2. The number of benzene rings is 1. The molecule has 2 aliphatic rings. The van der Waals surface area contributed by atoms with Gasteiger partial charge >= 0.3 is 0 Å². The Labute approximate surface area is 157 Å². The van der Waals surface area contributed by atoms with Crippen LogP contribution in [0.3, 0.4) is 0 Å². The van der Waals surface area contributed by atoms with E-state index in [1.165, 1.54) is 0 Å². The number of carbonyl (C=O) groups excluding carboxylic acids is 2. The van der Waals surface area contributed by atoms with Gasteiger partial charge < -0.3 is 14.6 Å². The van der Waals surface area contributed by atoms with Crippen LogP contribution in [-0.4, -0.2) is 24.4 Å². The lowest BCUT2D eigenvalue weighted by molar-refractivity contribution is -0.124. The standard InChI is InChI=1S/C20H22N2O3S/c23-19(21-14-6-1-2-7-14)13-22-15-8-3-4-10-17(15)26-18(12-20(22)24)16-9-5-11-25-16/h3-5,8-11,14,18H,1-2,6-7,12-13H2,(H,21,23)/t18-/m0/s1. The van der Waals surface area contributed by atoms with Crippen LogP contribution in [-0.2, 0) is 9.59 Å². The summed E-state index contributed by atoms with van der Waals surface area (Å²) in [4.78, 5) is 28.1. The number of nitrogens with one attached hydrogen (secondary N) is 1. The van der Waals surface area contributed by atoms with Crippen LogP contribution < -0.4 is 10.2 Å². The number of anilines is 1. The summed E-state index contributed by atoms with van der Waals surface area (Å²) in [6.45, 7) is 0.0672. The van der Waals surface area contributed by atoms with Crippen LogP contribution in [0.1, 0.15) is 43.1 Å². The number of nitrogens with zero attached hydrogens (tertiary/aromatic N) is 1. The monoisotopic (exact) mass is 370 g/mol. The average Bonchev–Trinajstić information content (AvgIpc) is 3.31. The van der Waals surface area contributed by atoms with Gasteiger partial charge in [-0.25, -0.2) is 0 Å². The number of rotatable bonds is 4. The zero-order chi connectivity index (χ0) is 17.9. The maximum atomic E-state index is 12.9. The van der Waals surface area contributed by atoms with E-state index in [2.05, 4.69) is 5.32 Å². The number of fused-ring (bicyclic) bond motifs is 1. The summed E-state index contributed by atoms with van der Waals surface area (Å²) in [6, 6.07) is 11.8. The maximum absolute atomic E-state index is 12.9. The van der Waals surface area contributed by atoms with E-state index in [1.54, 1.807) is 22.9 Å². The molecule has 26 heavy (non-hydrogen) atoms. The number of hydrogen-bond acceptors (Lipinski definition) is 4. The van der Waals surface area contributed by atoms with Crippen LogP contribution in [0, 0.1) is 0 Å². The minimum Gasteiger partial charge on any atom is -0.468 e. The lowest BCUT2D eigenvalue weighted by Crippen LogP contribution is -2.43. The zero-order valence-corrected chi connectivity index (χ0v) is 15.3. The molecule has 0 bridgehead atoms. The van der Waals surface area contributed by atoms with Crippen molar-refractivity contribution in [2.75, 3.05) is 11.4 Å². The molecule has 1 N–H and O–H groups in total. The molecule has 1 aliphatic heterocycles. The summed E-state index contributed by atoms with van der Waals surface area (Å²) in [7, 11) is 0. The van der Waals surface area contributed by atoms with E-state index in [0.717, 1.165) is 42.0 Å². The van der Waals surface area contributed by atoms with Gasteiger partial charge in [0, 0.05) is 17.4 Å². The molecule has 1 aliphatic carbocycles. The Balaban J connectivity index is 1.56. The number of hydrogen-bond donors (Lipinski definition) is 1. The van der Waals surface area contributed by atoms with Crippen LogP contribution in [0.15, 0.2) is 52.0 Å². The molecule has 2 amide bonds. The highest BCUT2D eigenvalue weighted by atomic mass is 32.2. The molecule has 2 heterocycles. The van der Waals surface area contributed by atoms with Crippen molar-refractivity contribution in [1.29, 1.82) is 0 Å². The Morgan fingerprint density at radius 1 is 1.19 bits per heavy atom. The zero-order valence-electron chi connectivity index (χ0n) is 14.5. The first-order chi connectivity index (χ1) is 12.7. The average molecular weight is 370 g/mol. The van der Waals surface area contributed by atoms with Gasteiger partial charge in [-0.3, -0.25) is 9.59 Å². The van der Waals surface area contributed by atoms with Gasteiger partial charge in [-0.15, -0.1) is 11.8 Å². The molecule has 2 aromatic rings. The third-order valence-electron chi connectivity index (χ3n) is 4.97. The fourth-order valence-electron chi connectivity index (χ4n) is 3.67. The maximum Gasteiger partial charge on any atom is 0.240 e. The van der Waals surface area contributed by atoms with Crippen molar-refractivity contribution >= 4 is 29.3 Å². The molecule has 0 spiro atoms. The van der Waals surface area contributed by atoms with E-state index >= 15 is 0 Å². The van der Waals surface area contributed by atoms with E-state index in [4.69, 9.17) is 4.42 Å². The normalized spacial score (nSPS) is 20.7. The molecular weight excluding hydrogens is 348 g/mol. The third kappa shape index (κ3) is 3.65. The summed E-state index contributed by atoms with van der Waals surface area (Å²) in [5, 5.41) is 3.00. The quantitative estimate of drug-likeness (QED) is 0.886. The van der Waals surface area contributed by atoms with Gasteiger partial charge in [0.15, 0.2) is 0 Å². The van der Waals surface area contributed by atoms with Gasteiger partial charge in [-0.05, 0) is 37.1 Å². The molecular formula is C20H22N2O3S. The van der Waals surface area contributed by atoms with Crippen molar-refractivity contribution in [2.24, 2.45) is 0 Å². The van der Waals surface area contributed by atoms with E-state index in [9.17, 15) is 9.59 Å². The minimum atomic E-state index is -0.0819. The highest BCUT2D eigenvalue weighted by Crippen LogP contribution is 2.45. The fraction of sp³-hybridized carbons (Fsp3) is 0.400. The number of carbonyl (C=O) groups is 2. The predicted octanol–water partition coefficient (Wildman–Crippen LogP) is 3.91. The van der Waals surface area contributed by atoms with Crippen molar-refractivity contribution in [3.05, 3.63) is 48.4 Å². The first-order valence-electron chi connectivity index (χ1n) is 9.09. The number of thioether (sulfide) groups is 1. The van der Waals surface area contributed by atoms with E-state index in [0.29, 0.717) is 6.42 Å². The topological polar surface area (TPSA) is 62.6 Å². The number of furan rings is 1. The molecule has 136 valence electrons. The first-order valence-corrected chi connectivity index (χ1v) is 9.97. The molecule has 4 rings (SSSR count). The highest BCUT2D eigenvalue weighted by molar-refractivity contribution is 7.99. The van der Waals surface area contributed by atoms with Crippen molar-refractivity contribution in [3.8, 4) is 0 Å². The second-order valence-electron chi connectivity index (χ2n) is 6.82. The Hall–Kier alpha value is -2.21. The van der Waals surface area contributed by atoms with Gasteiger partial charge in [0.2, 0.25) is 11.8 Å². The van der Waals surface area contributed by atoms with Gasteiger partial charge in [0.1, 0.15) is 12.3 Å². The van der Waals surface area contributed by atoms with Gasteiger partial charge in [-0.1, -0.05) is 25.0 Å². The molecule has 1 aromatic carbocycles. The van der Waals surface area contributed by atoms with Crippen LogP contribution in [0.25, 0.3) is 0 Å². The number of para-hydroxylation sites is 1. The SMILES string of the molecule is O=C(CN1C(=O)C[C@@H](c2ccco2)Sc2ccccc21)NC1CCCC1. The third-order valence-corrected chi connectivity index (χ3v) is 6.25. The second kappa shape index (κ2) is 7.58. The van der Waals surface area contributed by atoms with Crippen molar-refractivity contribution < 1.29 is 14.0 Å². The fourth-order valence-corrected chi connectivity index (χ4v) is 4.91. The van der Waals surface area contributed by atoms with E-state index in [1.807, 2.05) is 36.4 Å². The van der Waals surface area contributed by atoms with Crippen LogP contribution in [0.5, 0.6) is 0 Å². The summed E-state index contributed by atoms with van der Waals surface area (Å²) < 4.78 is 5.53. The summed E-state index contributed by atoms with van der Waals surface area (Å²) in [5.74, 6) is 0.655. The molecule has 1 aromatic heterocycles. The minimum absolute atomic E-state index is 0.0505. The van der Waals surface area contributed by atoms with Gasteiger partial charge in [0.05, 0.1) is 17.2 Å². The molecule has 1 saturated carbocycles. The van der Waals surface area contributed by atoms with Crippen LogP contribution >= 0.6 is 11.8 Å². The van der Waals surface area contributed by atoms with Crippen molar-refractivity contribution in [2.45, 2.75) is 48.3 Å². The summed E-state index contributed by atoms with van der Waals surface area (Å²) in [6.07, 6.45) is 6.34. The summed E-state index contributed by atoms with van der Waals surface area (Å²) in [5.41, 5.74) is 0.804. The van der Waals surface area contributed by atoms with Crippen molar-refractivity contribution in [1.82, 2.24) is 5.32 Å². The molecule has 6 heteroatoms. The van der Waals surface area contributed by atoms with Crippen LogP contribution in [0.2, 0.25) is 0 Å². The Kier molecular flexibility index (Phi) is 5.02. The first kappa shape index (κ1) is 17.2. The summed E-state index contributed by atoms with van der Waals surface area (Å²) >= 11 is 1.62. The van der Waals surface area contributed by atoms with E-state index < -0.39 is 0 Å². The largest absolute Gasteiger partial charge is 0.468 e. The molecule has 1 fully saturated rings. The highest BCUT2D eigenvalue weighted by Gasteiger charge is 2.31. The molecule has 5 nitrogen and oxygen atoms in total. The number of amides is 2. The van der Waals surface area contributed by atoms with Crippen molar-refractivity contribution in [3.63, 3.8) is 0 Å². The van der Waals surface area contributed by atoms with Gasteiger partial charge in [0.25, 0.3) is 0 Å². The Bertz CT molecular complexity index is 784. The lowest BCUT2D eigenvalue weighted by Gasteiger charge is -2.23. The Morgan fingerprint density at radius 3 is 2.77 bits per heavy atom. The molecule has 0 radical (unpaired) electrons. The molecule has 1 atom stereocenters. The van der Waals surface area contributed by atoms with E-state index in [-0.39, 0.29) is 29.7 Å². The van der Waals surface area contributed by atoms with Crippen LogP contribution in [0.4, 0.5) is 5.69 Å². The molecule has 0 unspecified atom stereocenters. The Morgan fingerprint density at radius 2 is 2.00 bits per heavy atom. The second-order valence-corrected chi connectivity index (χ2v) is 8.07. The predicted molar refractivity (Wildman–Crippen MR) is 101 cm³/mol.